The lowest BCUT2D eigenvalue weighted by molar-refractivity contribution is -0.136. The number of piperazine rings is 1. The number of anilines is 2. The van der Waals surface area contributed by atoms with E-state index in [2.05, 4.69) is 14.9 Å². The Labute approximate surface area is 187 Å². The number of benzene rings is 1. The highest BCUT2D eigenvalue weighted by Gasteiger charge is 2.39. The zero-order valence-electron chi connectivity index (χ0n) is 19.0. The molecule has 1 unspecified atom stereocenters. The third-order valence-corrected chi connectivity index (χ3v) is 6.02. The zero-order chi connectivity index (χ0) is 22.8. The van der Waals surface area contributed by atoms with Crippen LogP contribution in [0.3, 0.4) is 0 Å². The van der Waals surface area contributed by atoms with Gasteiger partial charge in [-0.05, 0) is 26.0 Å². The van der Waals surface area contributed by atoms with Crippen molar-refractivity contribution in [3.05, 3.63) is 35.8 Å². The monoisotopic (exact) mass is 439 g/mol. The van der Waals surface area contributed by atoms with Crippen LogP contribution in [0.5, 0.6) is 11.5 Å². The molecule has 1 aromatic heterocycles. The molecule has 4 rings (SSSR count). The van der Waals surface area contributed by atoms with Crippen molar-refractivity contribution in [2.24, 2.45) is 5.92 Å². The van der Waals surface area contributed by atoms with Gasteiger partial charge in [-0.15, -0.1) is 0 Å². The number of carbonyl (C=O) groups excluding carboxylic acids is 2. The summed E-state index contributed by atoms with van der Waals surface area (Å²) >= 11 is 0. The number of methoxy groups -OCH3 is 2. The van der Waals surface area contributed by atoms with Crippen LogP contribution < -0.4 is 19.3 Å². The summed E-state index contributed by atoms with van der Waals surface area (Å²) in [5, 5.41) is 0. The van der Waals surface area contributed by atoms with Gasteiger partial charge in [-0.3, -0.25) is 9.59 Å². The second-order valence-corrected chi connectivity index (χ2v) is 8.17. The van der Waals surface area contributed by atoms with Gasteiger partial charge in [-0.1, -0.05) is 0 Å². The molecule has 0 bridgehead atoms. The fraction of sp³-hybridized carbons (Fsp3) is 0.478. The first kappa shape index (κ1) is 21.9. The van der Waals surface area contributed by atoms with Crippen LogP contribution in [0.1, 0.15) is 17.9 Å². The molecule has 0 saturated carbocycles. The van der Waals surface area contributed by atoms with E-state index >= 15 is 0 Å². The molecular weight excluding hydrogens is 410 g/mol. The molecule has 1 aromatic carbocycles. The summed E-state index contributed by atoms with van der Waals surface area (Å²) < 4.78 is 10.7. The van der Waals surface area contributed by atoms with Crippen molar-refractivity contribution in [2.45, 2.75) is 20.3 Å². The second kappa shape index (κ2) is 9.02. The van der Waals surface area contributed by atoms with Gasteiger partial charge in [0.05, 0.1) is 25.8 Å². The Hall–Kier alpha value is -3.36. The first-order valence-electron chi connectivity index (χ1n) is 10.8. The molecule has 2 aliphatic rings. The van der Waals surface area contributed by atoms with Crippen molar-refractivity contribution in [1.29, 1.82) is 0 Å². The minimum Gasteiger partial charge on any atom is -0.497 e. The van der Waals surface area contributed by atoms with E-state index in [0.29, 0.717) is 49.9 Å². The predicted molar refractivity (Wildman–Crippen MR) is 120 cm³/mol. The molecule has 2 aromatic rings. The number of rotatable bonds is 5. The van der Waals surface area contributed by atoms with E-state index in [-0.39, 0.29) is 24.2 Å². The molecule has 32 heavy (non-hydrogen) atoms. The van der Waals surface area contributed by atoms with Gasteiger partial charge in [0.2, 0.25) is 11.8 Å². The maximum atomic E-state index is 13.2. The Bertz CT molecular complexity index is 999. The highest BCUT2D eigenvalue weighted by molar-refractivity contribution is 6.01. The lowest BCUT2D eigenvalue weighted by Gasteiger charge is -2.36. The predicted octanol–water partition coefficient (Wildman–Crippen LogP) is 1.81. The summed E-state index contributed by atoms with van der Waals surface area (Å²) in [6.45, 7) is 6.80. The zero-order valence-corrected chi connectivity index (χ0v) is 19.0. The van der Waals surface area contributed by atoms with Crippen molar-refractivity contribution in [3.8, 4) is 11.5 Å². The molecule has 170 valence electrons. The largest absolute Gasteiger partial charge is 0.497 e. The first-order valence-corrected chi connectivity index (χ1v) is 10.8. The Morgan fingerprint density at radius 3 is 2.44 bits per heavy atom. The van der Waals surface area contributed by atoms with Crippen LogP contribution in [0.2, 0.25) is 0 Å². The molecule has 0 radical (unpaired) electrons. The molecule has 0 N–H and O–H groups in total. The van der Waals surface area contributed by atoms with E-state index in [1.165, 1.54) is 0 Å². The maximum absolute atomic E-state index is 13.2. The smallest absolute Gasteiger partial charge is 0.228 e. The Kier molecular flexibility index (Phi) is 6.16. The van der Waals surface area contributed by atoms with Crippen molar-refractivity contribution >= 4 is 23.3 Å². The number of nitrogens with zero attached hydrogens (tertiary/aromatic N) is 5. The molecule has 2 amide bonds. The van der Waals surface area contributed by atoms with Crippen LogP contribution in [-0.4, -0.2) is 73.6 Å². The molecule has 0 aliphatic carbocycles. The Balaban J connectivity index is 1.41. The fourth-order valence-electron chi connectivity index (χ4n) is 4.39. The van der Waals surface area contributed by atoms with Crippen LogP contribution in [0.25, 0.3) is 0 Å². The molecule has 9 heteroatoms. The summed E-state index contributed by atoms with van der Waals surface area (Å²) in [7, 11) is 3.14. The molecule has 2 fully saturated rings. The van der Waals surface area contributed by atoms with Gasteiger partial charge in [0.15, 0.2) is 0 Å². The molecule has 0 spiro atoms. The third kappa shape index (κ3) is 4.32. The topological polar surface area (TPSA) is 88.1 Å². The summed E-state index contributed by atoms with van der Waals surface area (Å²) in [5.74, 6) is 2.43. The first-order chi connectivity index (χ1) is 15.4. The van der Waals surface area contributed by atoms with E-state index in [1.807, 2.05) is 24.8 Å². The van der Waals surface area contributed by atoms with Gasteiger partial charge in [0.1, 0.15) is 23.1 Å². The molecular formula is C23H29N5O4. The highest BCUT2D eigenvalue weighted by atomic mass is 16.5. The van der Waals surface area contributed by atoms with Crippen molar-refractivity contribution < 1.29 is 19.1 Å². The summed E-state index contributed by atoms with van der Waals surface area (Å²) in [6.07, 6.45) is 0.198. The molecule has 2 saturated heterocycles. The third-order valence-electron chi connectivity index (χ3n) is 6.02. The van der Waals surface area contributed by atoms with Gasteiger partial charge in [0.25, 0.3) is 0 Å². The Morgan fingerprint density at radius 1 is 1.03 bits per heavy atom. The number of amides is 2. The van der Waals surface area contributed by atoms with Gasteiger partial charge in [-0.25, -0.2) is 9.97 Å². The van der Waals surface area contributed by atoms with Gasteiger partial charge in [0, 0.05) is 57.0 Å². The van der Waals surface area contributed by atoms with Crippen LogP contribution in [0.15, 0.2) is 24.3 Å². The lowest BCUT2D eigenvalue weighted by atomic mass is 10.1. The van der Waals surface area contributed by atoms with Crippen LogP contribution in [-0.2, 0) is 9.59 Å². The lowest BCUT2D eigenvalue weighted by Crippen LogP contribution is -2.51. The normalized spacial score (nSPS) is 18.8. The van der Waals surface area contributed by atoms with Gasteiger partial charge in [-0.2, -0.15) is 0 Å². The summed E-state index contributed by atoms with van der Waals surface area (Å²) in [6, 6.07) is 7.30. The molecule has 1 atom stereocenters. The van der Waals surface area contributed by atoms with E-state index in [1.54, 1.807) is 37.3 Å². The minimum absolute atomic E-state index is 0.0254. The average molecular weight is 440 g/mol. The van der Waals surface area contributed by atoms with Crippen LogP contribution in [0, 0.1) is 19.8 Å². The number of hydrogen-bond donors (Lipinski definition) is 0. The molecule has 9 nitrogen and oxygen atoms in total. The Morgan fingerprint density at radius 2 is 1.78 bits per heavy atom. The average Bonchev–Trinajstić information content (AvgIpc) is 3.19. The van der Waals surface area contributed by atoms with Crippen molar-refractivity contribution in [1.82, 2.24) is 14.9 Å². The van der Waals surface area contributed by atoms with E-state index in [9.17, 15) is 9.59 Å². The van der Waals surface area contributed by atoms with Crippen molar-refractivity contribution in [3.63, 3.8) is 0 Å². The van der Waals surface area contributed by atoms with Crippen LogP contribution in [0.4, 0.5) is 11.5 Å². The molecule has 2 aliphatic heterocycles. The fourth-order valence-corrected chi connectivity index (χ4v) is 4.39. The maximum Gasteiger partial charge on any atom is 0.228 e. The number of hydrogen-bond acceptors (Lipinski definition) is 7. The standard InChI is InChI=1S/C23H29N5O4/c1-15-11-21(25-16(2)24-15)26-7-9-27(10-8-26)23(30)17-12-22(29)28(14-17)19-13-18(31-3)5-6-20(19)32-4/h5-6,11,13,17H,7-10,12,14H2,1-4H3. The summed E-state index contributed by atoms with van der Waals surface area (Å²) in [5.41, 5.74) is 1.56. The van der Waals surface area contributed by atoms with E-state index in [4.69, 9.17) is 9.47 Å². The number of aryl methyl sites for hydroxylation is 2. The number of carbonyl (C=O) groups is 2. The number of aromatic nitrogens is 2. The SMILES string of the molecule is COc1ccc(OC)c(N2CC(C(=O)N3CCN(c4cc(C)nc(C)n4)CC3)CC2=O)c1. The number of ether oxygens (including phenoxy) is 2. The quantitative estimate of drug-likeness (QED) is 0.702. The van der Waals surface area contributed by atoms with E-state index < -0.39 is 0 Å². The second-order valence-electron chi connectivity index (χ2n) is 8.17. The van der Waals surface area contributed by atoms with Gasteiger partial charge < -0.3 is 24.2 Å². The highest BCUT2D eigenvalue weighted by Crippen LogP contribution is 2.36. The molecule has 3 heterocycles. The van der Waals surface area contributed by atoms with Crippen LogP contribution >= 0.6 is 0 Å². The van der Waals surface area contributed by atoms with E-state index in [0.717, 1.165) is 17.3 Å². The summed E-state index contributed by atoms with van der Waals surface area (Å²) in [4.78, 5) is 40.5. The minimum atomic E-state index is -0.367. The van der Waals surface area contributed by atoms with Gasteiger partial charge >= 0.3 is 0 Å². The van der Waals surface area contributed by atoms with Crippen molar-refractivity contribution in [2.75, 3.05) is 56.7 Å².